The van der Waals surface area contributed by atoms with Crippen molar-refractivity contribution < 1.29 is 27.9 Å². The molecule has 242 valence electrons. The fraction of sp³-hybridized carbons (Fsp3) is 0.586. The lowest BCUT2D eigenvalue weighted by molar-refractivity contribution is -0.148. The molecule has 0 unspecified atom stereocenters. The molecule has 2 amide bonds. The van der Waals surface area contributed by atoms with Gasteiger partial charge in [-0.25, -0.2) is 18.7 Å². The molecule has 0 atom stereocenters. The molecular formula is C29H38F2N10O4. The van der Waals surface area contributed by atoms with Crippen molar-refractivity contribution in [2.45, 2.75) is 39.5 Å². The summed E-state index contributed by atoms with van der Waals surface area (Å²) in [5.74, 6) is 0.0622. The second-order valence-corrected chi connectivity index (χ2v) is 11.5. The molecular weight excluding hydrogens is 590 g/mol. The number of halogens is 2. The first kappa shape index (κ1) is 32.1. The van der Waals surface area contributed by atoms with Crippen LogP contribution in [0.25, 0.3) is 11.4 Å². The summed E-state index contributed by atoms with van der Waals surface area (Å²) in [5.41, 5.74) is 5.91. The van der Waals surface area contributed by atoms with Gasteiger partial charge in [-0.05, 0) is 26.3 Å². The number of ketones is 1. The standard InChI is InChI=1S/C29H38F2N10O4/c1-18(2)14-20(42)4-3-5-22(43)41-16-19(17-41)26(44)38-6-8-39(9-7-38)28-35-25(21-15-33-27(32)34-23(21)24(30)31)36-29(37-28)40-10-12-45-13-11-40/h14-15,19,24H,3-13,16-17H2,1-2H3,(H2,32,33,34). The molecule has 45 heavy (non-hydrogen) atoms. The highest BCUT2D eigenvalue weighted by Gasteiger charge is 2.38. The van der Waals surface area contributed by atoms with Crippen molar-refractivity contribution in [2.75, 3.05) is 81.1 Å². The Bertz CT molecular complexity index is 1430. The average molecular weight is 629 g/mol. The molecule has 2 N–H and O–H groups in total. The van der Waals surface area contributed by atoms with Crippen LogP contribution in [0.5, 0.6) is 0 Å². The van der Waals surface area contributed by atoms with Crippen LogP contribution in [0.15, 0.2) is 17.8 Å². The number of ether oxygens (including phenoxy) is 1. The number of nitrogen functional groups attached to an aromatic ring is 1. The van der Waals surface area contributed by atoms with Gasteiger partial charge in [-0.1, -0.05) is 5.57 Å². The number of aromatic nitrogens is 5. The van der Waals surface area contributed by atoms with Gasteiger partial charge in [0.2, 0.25) is 29.7 Å². The van der Waals surface area contributed by atoms with Crippen molar-refractivity contribution in [3.05, 3.63) is 23.5 Å². The largest absolute Gasteiger partial charge is 0.378 e. The molecule has 0 bridgehead atoms. The second-order valence-electron chi connectivity index (χ2n) is 11.5. The third-order valence-electron chi connectivity index (χ3n) is 7.91. The van der Waals surface area contributed by atoms with Crippen molar-refractivity contribution in [2.24, 2.45) is 5.92 Å². The number of allylic oxidation sites excluding steroid dienone is 2. The number of carbonyl (C=O) groups is 3. The van der Waals surface area contributed by atoms with Crippen LogP contribution in [-0.2, 0) is 19.1 Å². The van der Waals surface area contributed by atoms with Crippen LogP contribution in [0.1, 0.15) is 45.2 Å². The molecule has 0 aliphatic carbocycles. The highest BCUT2D eigenvalue weighted by Crippen LogP contribution is 2.30. The fourth-order valence-electron chi connectivity index (χ4n) is 5.46. The summed E-state index contributed by atoms with van der Waals surface area (Å²) in [6.45, 7) is 8.14. The van der Waals surface area contributed by atoms with E-state index in [2.05, 4.69) is 24.9 Å². The minimum Gasteiger partial charge on any atom is -0.378 e. The number of hydrogen-bond acceptors (Lipinski definition) is 12. The van der Waals surface area contributed by atoms with Gasteiger partial charge in [-0.3, -0.25) is 14.4 Å². The summed E-state index contributed by atoms with van der Waals surface area (Å²) >= 11 is 0. The van der Waals surface area contributed by atoms with Crippen molar-refractivity contribution in [1.29, 1.82) is 0 Å². The SMILES string of the molecule is CC(C)=CC(=O)CCCC(=O)N1CC(C(=O)N2CCN(c3nc(-c4cnc(N)nc4C(F)F)nc(N4CCOCC4)n3)CC2)C1. The van der Waals surface area contributed by atoms with E-state index in [1.165, 1.54) is 6.20 Å². The molecule has 2 aromatic heterocycles. The number of alkyl halides is 2. The summed E-state index contributed by atoms with van der Waals surface area (Å²) in [4.78, 5) is 66.1. The Labute approximate surface area is 259 Å². The fourth-order valence-corrected chi connectivity index (χ4v) is 5.46. The second kappa shape index (κ2) is 14.2. The van der Waals surface area contributed by atoms with Crippen LogP contribution in [-0.4, -0.2) is 118 Å². The molecule has 0 spiro atoms. The van der Waals surface area contributed by atoms with E-state index in [9.17, 15) is 23.2 Å². The number of anilines is 3. The zero-order chi connectivity index (χ0) is 32.1. The number of nitrogens with zero attached hydrogens (tertiary/aromatic N) is 9. The first-order valence-corrected chi connectivity index (χ1v) is 15.1. The Morgan fingerprint density at radius 1 is 0.933 bits per heavy atom. The minimum absolute atomic E-state index is 0.0100. The van der Waals surface area contributed by atoms with Gasteiger partial charge in [0.15, 0.2) is 11.6 Å². The van der Waals surface area contributed by atoms with E-state index in [1.54, 1.807) is 15.9 Å². The van der Waals surface area contributed by atoms with Gasteiger partial charge in [0.05, 0.1) is 24.7 Å². The van der Waals surface area contributed by atoms with Crippen molar-refractivity contribution in [1.82, 2.24) is 34.7 Å². The Kier molecular flexibility index (Phi) is 10.1. The molecule has 0 saturated carbocycles. The molecule has 3 aliphatic rings. The van der Waals surface area contributed by atoms with E-state index in [0.29, 0.717) is 90.3 Å². The van der Waals surface area contributed by atoms with E-state index in [4.69, 9.17) is 10.5 Å². The zero-order valence-corrected chi connectivity index (χ0v) is 25.5. The monoisotopic (exact) mass is 628 g/mol. The van der Waals surface area contributed by atoms with Gasteiger partial charge in [-0.15, -0.1) is 0 Å². The quantitative estimate of drug-likeness (QED) is 0.378. The van der Waals surface area contributed by atoms with Crippen molar-refractivity contribution in [3.63, 3.8) is 0 Å². The summed E-state index contributed by atoms with van der Waals surface area (Å²) in [6.07, 6.45) is 0.961. The molecule has 3 saturated heterocycles. The van der Waals surface area contributed by atoms with Crippen LogP contribution >= 0.6 is 0 Å². The first-order valence-electron chi connectivity index (χ1n) is 15.1. The number of hydrogen-bond donors (Lipinski definition) is 1. The molecule has 3 aliphatic heterocycles. The third-order valence-corrected chi connectivity index (χ3v) is 7.91. The Morgan fingerprint density at radius 3 is 2.20 bits per heavy atom. The van der Waals surface area contributed by atoms with Crippen LogP contribution in [0.2, 0.25) is 0 Å². The Hall–Kier alpha value is -4.34. The van der Waals surface area contributed by atoms with Gasteiger partial charge in [0.25, 0.3) is 6.43 Å². The number of amides is 2. The highest BCUT2D eigenvalue weighted by atomic mass is 19.3. The molecule has 0 radical (unpaired) electrons. The average Bonchev–Trinajstić information content (AvgIpc) is 3.00. The molecule has 14 nitrogen and oxygen atoms in total. The van der Waals surface area contributed by atoms with Gasteiger partial charge < -0.3 is 30.1 Å². The normalized spacial score (nSPS) is 17.4. The number of rotatable bonds is 10. The minimum atomic E-state index is -2.92. The molecule has 5 rings (SSSR count). The summed E-state index contributed by atoms with van der Waals surface area (Å²) in [7, 11) is 0. The van der Waals surface area contributed by atoms with Gasteiger partial charge in [0, 0.05) is 71.4 Å². The molecule has 2 aromatic rings. The van der Waals surface area contributed by atoms with Crippen molar-refractivity contribution in [3.8, 4) is 11.4 Å². The lowest BCUT2D eigenvalue weighted by Gasteiger charge is -2.43. The Morgan fingerprint density at radius 2 is 1.58 bits per heavy atom. The number of piperazine rings is 1. The lowest BCUT2D eigenvalue weighted by atomic mass is 9.97. The Balaban J connectivity index is 1.20. The summed E-state index contributed by atoms with van der Waals surface area (Å²) < 4.78 is 33.2. The maximum Gasteiger partial charge on any atom is 0.281 e. The van der Waals surface area contributed by atoms with Gasteiger partial charge in [-0.2, -0.15) is 15.0 Å². The van der Waals surface area contributed by atoms with Crippen LogP contribution in [0.3, 0.4) is 0 Å². The maximum absolute atomic E-state index is 13.9. The highest BCUT2D eigenvalue weighted by molar-refractivity contribution is 5.90. The third kappa shape index (κ3) is 7.85. The van der Waals surface area contributed by atoms with Crippen molar-refractivity contribution >= 4 is 35.4 Å². The smallest absolute Gasteiger partial charge is 0.281 e. The molecule has 16 heteroatoms. The van der Waals surface area contributed by atoms with Crippen LogP contribution < -0.4 is 15.5 Å². The van der Waals surface area contributed by atoms with E-state index >= 15 is 0 Å². The van der Waals surface area contributed by atoms with E-state index in [-0.39, 0.29) is 47.3 Å². The van der Waals surface area contributed by atoms with Crippen LogP contribution in [0, 0.1) is 5.92 Å². The van der Waals surface area contributed by atoms with Gasteiger partial charge >= 0.3 is 0 Å². The predicted octanol–water partition coefficient (Wildman–Crippen LogP) is 1.50. The lowest BCUT2D eigenvalue weighted by Crippen LogP contribution is -2.59. The predicted molar refractivity (Wildman–Crippen MR) is 160 cm³/mol. The maximum atomic E-state index is 13.9. The number of carbonyl (C=O) groups excluding carboxylic acids is 3. The van der Waals surface area contributed by atoms with Gasteiger partial charge in [0.1, 0.15) is 5.69 Å². The van der Waals surface area contributed by atoms with E-state index < -0.39 is 12.1 Å². The zero-order valence-electron chi connectivity index (χ0n) is 25.5. The summed E-state index contributed by atoms with van der Waals surface area (Å²) in [6, 6.07) is 0. The number of nitrogens with two attached hydrogens (primary N) is 1. The van der Waals surface area contributed by atoms with E-state index in [0.717, 1.165) is 5.57 Å². The topological polar surface area (TPSA) is 164 Å². The van der Waals surface area contributed by atoms with Crippen LogP contribution in [0.4, 0.5) is 26.6 Å². The molecule has 3 fully saturated rings. The molecule has 5 heterocycles. The molecule has 0 aromatic carbocycles. The number of likely N-dealkylation sites (tertiary alicyclic amines) is 1. The van der Waals surface area contributed by atoms with E-state index in [1.807, 2.05) is 23.6 Å². The first-order chi connectivity index (χ1) is 21.6. The summed E-state index contributed by atoms with van der Waals surface area (Å²) in [5, 5.41) is 0. The number of morpholine rings is 1.